The highest BCUT2D eigenvalue weighted by atomic mass is 127. The van der Waals surface area contributed by atoms with Gasteiger partial charge in [-0.3, -0.25) is 9.69 Å². The van der Waals surface area contributed by atoms with Crippen molar-refractivity contribution >= 4 is 40.2 Å². The summed E-state index contributed by atoms with van der Waals surface area (Å²) in [5.41, 5.74) is 6.15. The molecule has 0 aromatic carbocycles. The van der Waals surface area contributed by atoms with Gasteiger partial charge in [0.1, 0.15) is 0 Å². The van der Waals surface area contributed by atoms with Crippen LogP contribution in [-0.2, 0) is 9.53 Å². The third kappa shape index (κ3) is 5.09. The molecule has 2 bridgehead atoms. The Labute approximate surface area is 195 Å². The summed E-state index contributed by atoms with van der Waals surface area (Å²) < 4.78 is 6.52. The average Bonchev–Trinajstić information content (AvgIpc) is 2.93. The minimum absolute atomic E-state index is 0.0627. The second-order valence-electron chi connectivity index (χ2n) is 10.2. The molecular formula is C23H38ClIN2O2. The molecule has 6 heteroatoms. The zero-order valence-electron chi connectivity index (χ0n) is 17.8. The molecule has 2 N–H and O–H groups in total. The topological polar surface area (TPSA) is 55.6 Å². The zero-order chi connectivity index (χ0) is 20.5. The number of fused-ring (bicyclic) bond motifs is 2. The van der Waals surface area contributed by atoms with E-state index in [1.54, 1.807) is 0 Å². The van der Waals surface area contributed by atoms with Gasteiger partial charge in [-0.05, 0) is 95.4 Å². The predicted octanol–water partition coefficient (Wildman–Crippen LogP) is 4.75. The first-order chi connectivity index (χ1) is 13.9. The van der Waals surface area contributed by atoms with Crippen LogP contribution in [0.3, 0.4) is 0 Å². The minimum Gasteiger partial charge on any atom is -0.465 e. The maximum atomic E-state index is 13.3. The Morgan fingerprint density at radius 2 is 1.86 bits per heavy atom. The Kier molecular flexibility index (Phi) is 7.72. The van der Waals surface area contributed by atoms with E-state index in [4.69, 9.17) is 22.1 Å². The van der Waals surface area contributed by atoms with Crippen LogP contribution >= 0.6 is 34.2 Å². The molecular weight excluding hydrogens is 499 g/mol. The van der Waals surface area contributed by atoms with Crippen molar-refractivity contribution in [3.8, 4) is 0 Å². The summed E-state index contributed by atoms with van der Waals surface area (Å²) >= 11 is 8.86. The van der Waals surface area contributed by atoms with Crippen LogP contribution in [0.1, 0.15) is 70.6 Å². The lowest BCUT2D eigenvalue weighted by atomic mass is 9.68. The molecule has 4 aliphatic rings. The number of hydrogen-bond donors (Lipinski definition) is 1. The first kappa shape index (κ1) is 22.6. The molecule has 2 saturated heterocycles. The monoisotopic (exact) mass is 536 g/mol. The molecule has 2 heterocycles. The SMILES string of the molecule is CN1C2CCC1C(C(=O)OCCC1CCC(N)C(I)C1)C(C1CCC(Cl)CC1)C2. The standard InChI is InChI=1S/C23H38ClIN2O2/c1-27-17-7-9-21(27)22(18(13-17)15-3-5-16(24)6-4-15)23(28)29-11-10-14-2-8-20(26)19(25)12-14/h14-22H,2-13,26H2,1H3. The van der Waals surface area contributed by atoms with Crippen LogP contribution in [0.4, 0.5) is 0 Å². The molecule has 0 radical (unpaired) electrons. The van der Waals surface area contributed by atoms with Gasteiger partial charge >= 0.3 is 5.97 Å². The lowest BCUT2D eigenvalue weighted by Gasteiger charge is -2.46. The fourth-order valence-electron chi connectivity index (χ4n) is 6.73. The van der Waals surface area contributed by atoms with Crippen molar-refractivity contribution in [3.63, 3.8) is 0 Å². The molecule has 2 aliphatic carbocycles. The number of halogens is 2. The lowest BCUT2D eigenvalue weighted by molar-refractivity contribution is -0.157. The van der Waals surface area contributed by atoms with Crippen LogP contribution in [0.25, 0.3) is 0 Å². The molecule has 0 aromatic heterocycles. The van der Waals surface area contributed by atoms with Gasteiger partial charge in [-0.15, -0.1) is 11.6 Å². The highest BCUT2D eigenvalue weighted by molar-refractivity contribution is 14.1. The van der Waals surface area contributed by atoms with Crippen molar-refractivity contribution < 1.29 is 9.53 Å². The first-order valence-electron chi connectivity index (χ1n) is 11.9. The third-order valence-corrected chi connectivity index (χ3v) is 10.5. The van der Waals surface area contributed by atoms with Gasteiger partial charge in [0.25, 0.3) is 0 Å². The normalized spacial score (nSPS) is 45.9. The zero-order valence-corrected chi connectivity index (χ0v) is 20.7. The molecule has 29 heavy (non-hydrogen) atoms. The maximum Gasteiger partial charge on any atom is 0.310 e. The molecule has 0 aromatic rings. The van der Waals surface area contributed by atoms with E-state index in [0.29, 0.717) is 51.8 Å². The van der Waals surface area contributed by atoms with Crippen LogP contribution in [0.2, 0.25) is 0 Å². The van der Waals surface area contributed by atoms with E-state index in [9.17, 15) is 4.79 Å². The van der Waals surface area contributed by atoms with E-state index in [1.165, 1.54) is 38.5 Å². The van der Waals surface area contributed by atoms with Crippen LogP contribution < -0.4 is 5.73 Å². The van der Waals surface area contributed by atoms with E-state index in [0.717, 1.165) is 32.1 Å². The summed E-state index contributed by atoms with van der Waals surface area (Å²) in [5.74, 6) is 1.95. The number of hydrogen-bond acceptors (Lipinski definition) is 4. The molecule has 0 spiro atoms. The summed E-state index contributed by atoms with van der Waals surface area (Å²) in [6.45, 7) is 0.583. The quantitative estimate of drug-likeness (QED) is 0.313. The van der Waals surface area contributed by atoms with Crippen LogP contribution in [-0.4, -0.2) is 52.0 Å². The molecule has 2 saturated carbocycles. The molecule has 2 aliphatic heterocycles. The number of nitrogens with zero attached hydrogens (tertiary/aromatic N) is 1. The average molecular weight is 537 g/mol. The molecule has 4 fully saturated rings. The Morgan fingerprint density at radius 3 is 2.59 bits per heavy atom. The number of rotatable bonds is 5. The summed E-state index contributed by atoms with van der Waals surface area (Å²) in [6.07, 6.45) is 12.6. The van der Waals surface area contributed by atoms with Gasteiger partial charge in [0.15, 0.2) is 0 Å². The van der Waals surface area contributed by atoms with Crippen LogP contribution in [0, 0.1) is 23.7 Å². The number of carbonyl (C=O) groups is 1. The number of esters is 1. The van der Waals surface area contributed by atoms with Gasteiger partial charge in [-0.2, -0.15) is 0 Å². The summed E-state index contributed by atoms with van der Waals surface area (Å²) in [7, 11) is 2.22. The van der Waals surface area contributed by atoms with Gasteiger partial charge in [-0.1, -0.05) is 22.6 Å². The van der Waals surface area contributed by atoms with Crippen molar-refractivity contribution in [1.82, 2.24) is 4.90 Å². The maximum absolute atomic E-state index is 13.3. The Balaban J connectivity index is 1.35. The Bertz CT molecular complexity index is 571. The van der Waals surface area contributed by atoms with E-state index < -0.39 is 0 Å². The van der Waals surface area contributed by atoms with Crippen LogP contribution in [0.15, 0.2) is 0 Å². The molecule has 7 atom stereocenters. The van der Waals surface area contributed by atoms with Gasteiger partial charge in [0, 0.05) is 27.4 Å². The van der Waals surface area contributed by atoms with Gasteiger partial charge in [0.05, 0.1) is 12.5 Å². The van der Waals surface area contributed by atoms with Crippen molar-refractivity contribution in [1.29, 1.82) is 0 Å². The Hall–Kier alpha value is 0.410. The van der Waals surface area contributed by atoms with E-state index in [1.807, 2.05) is 0 Å². The Morgan fingerprint density at radius 1 is 1.10 bits per heavy atom. The predicted molar refractivity (Wildman–Crippen MR) is 126 cm³/mol. The number of carbonyl (C=O) groups excluding carboxylic acids is 1. The first-order valence-corrected chi connectivity index (χ1v) is 13.5. The molecule has 4 rings (SSSR count). The number of alkyl halides is 2. The van der Waals surface area contributed by atoms with E-state index in [-0.39, 0.29) is 11.9 Å². The van der Waals surface area contributed by atoms with Crippen molar-refractivity contribution in [2.24, 2.45) is 29.4 Å². The van der Waals surface area contributed by atoms with Gasteiger partial charge in [-0.25, -0.2) is 0 Å². The summed E-state index contributed by atoms with van der Waals surface area (Å²) in [6, 6.07) is 1.38. The lowest BCUT2D eigenvalue weighted by Crippen LogP contribution is -2.52. The number of ether oxygens (including phenoxy) is 1. The fourth-order valence-corrected chi connectivity index (χ4v) is 8.06. The smallest absolute Gasteiger partial charge is 0.310 e. The van der Waals surface area contributed by atoms with Crippen molar-refractivity contribution in [2.75, 3.05) is 13.7 Å². The highest BCUT2D eigenvalue weighted by Crippen LogP contribution is 2.48. The van der Waals surface area contributed by atoms with Crippen molar-refractivity contribution in [3.05, 3.63) is 0 Å². The van der Waals surface area contributed by atoms with E-state index >= 15 is 0 Å². The number of piperidine rings is 1. The molecule has 166 valence electrons. The molecule has 4 nitrogen and oxygen atoms in total. The minimum atomic E-state index is 0.0627. The molecule has 7 unspecified atom stereocenters. The highest BCUT2D eigenvalue weighted by Gasteiger charge is 2.51. The summed E-state index contributed by atoms with van der Waals surface area (Å²) in [5, 5.41) is 0.338. The van der Waals surface area contributed by atoms with Crippen molar-refractivity contribution in [2.45, 2.75) is 98.1 Å². The summed E-state index contributed by atoms with van der Waals surface area (Å²) in [4.78, 5) is 15.8. The second-order valence-corrected chi connectivity index (χ2v) is 12.4. The van der Waals surface area contributed by atoms with Crippen LogP contribution in [0.5, 0.6) is 0 Å². The third-order valence-electron chi connectivity index (χ3n) is 8.60. The number of nitrogens with two attached hydrogens (primary N) is 1. The van der Waals surface area contributed by atoms with E-state index in [2.05, 4.69) is 34.5 Å². The largest absolute Gasteiger partial charge is 0.465 e. The van der Waals surface area contributed by atoms with Gasteiger partial charge < -0.3 is 10.5 Å². The fraction of sp³-hybridized carbons (Fsp3) is 0.957. The molecule has 0 amide bonds. The second kappa shape index (κ2) is 9.91. The van der Waals surface area contributed by atoms with Gasteiger partial charge in [0.2, 0.25) is 0 Å².